The first-order valence-electron chi connectivity index (χ1n) is 5.36. The van der Waals surface area contributed by atoms with E-state index in [4.69, 9.17) is 14.6 Å². The lowest BCUT2D eigenvalue weighted by atomic mass is 10.1. The summed E-state index contributed by atoms with van der Waals surface area (Å²) in [6, 6.07) is 0. The minimum Gasteiger partial charge on any atom is -0.466 e. The fraction of sp³-hybridized carbons (Fsp3) is 0.909. The van der Waals surface area contributed by atoms with Gasteiger partial charge in [0, 0.05) is 13.5 Å². The van der Waals surface area contributed by atoms with Crippen molar-refractivity contribution >= 4 is 5.97 Å². The fourth-order valence-corrected chi connectivity index (χ4v) is 0.647. The zero-order valence-electron chi connectivity index (χ0n) is 10.3. The van der Waals surface area contributed by atoms with Crippen molar-refractivity contribution < 1.29 is 19.4 Å². The molecule has 0 aliphatic carbocycles. The highest BCUT2D eigenvalue weighted by Gasteiger charge is 1.94. The first-order chi connectivity index (χ1) is 7.04. The highest BCUT2D eigenvalue weighted by molar-refractivity contribution is 5.65. The molecule has 0 aromatic heterocycles. The number of carbonyl (C=O) groups excluding carboxylic acids is 1. The number of hydrogen-bond donors (Lipinski definition) is 1. The molecule has 15 heavy (non-hydrogen) atoms. The van der Waals surface area contributed by atoms with Gasteiger partial charge in [0.2, 0.25) is 0 Å². The molecule has 0 rings (SSSR count). The van der Waals surface area contributed by atoms with Gasteiger partial charge in [0.05, 0.1) is 19.8 Å². The summed E-state index contributed by atoms with van der Waals surface area (Å²) in [6.45, 7) is 9.39. The smallest absolute Gasteiger partial charge is 0.302 e. The Morgan fingerprint density at radius 3 is 2.20 bits per heavy atom. The minimum absolute atomic E-state index is 0.133. The Kier molecular flexibility index (Phi) is 15.0. The highest BCUT2D eigenvalue weighted by Crippen LogP contribution is 1.98. The SMILES string of the molecule is CC(=O)OCCC(C)C.CCOCCO. The fourth-order valence-electron chi connectivity index (χ4n) is 0.647. The van der Waals surface area contributed by atoms with Crippen molar-refractivity contribution in [3.05, 3.63) is 0 Å². The van der Waals surface area contributed by atoms with Crippen molar-refractivity contribution in [2.45, 2.75) is 34.1 Å². The van der Waals surface area contributed by atoms with Gasteiger partial charge in [0.1, 0.15) is 0 Å². The van der Waals surface area contributed by atoms with Crippen LogP contribution in [-0.4, -0.2) is 37.5 Å². The minimum atomic E-state index is -0.185. The Balaban J connectivity index is 0. The lowest BCUT2D eigenvalue weighted by molar-refractivity contribution is -0.141. The summed E-state index contributed by atoms with van der Waals surface area (Å²) in [6.07, 6.45) is 0.958. The van der Waals surface area contributed by atoms with E-state index in [9.17, 15) is 4.79 Å². The molecule has 0 fully saturated rings. The van der Waals surface area contributed by atoms with Crippen molar-refractivity contribution in [1.82, 2.24) is 0 Å². The third-order valence-corrected chi connectivity index (χ3v) is 1.44. The number of rotatable bonds is 6. The largest absolute Gasteiger partial charge is 0.466 e. The van der Waals surface area contributed by atoms with Gasteiger partial charge < -0.3 is 14.6 Å². The van der Waals surface area contributed by atoms with Crippen LogP contribution in [0.15, 0.2) is 0 Å². The van der Waals surface area contributed by atoms with E-state index >= 15 is 0 Å². The van der Waals surface area contributed by atoms with Gasteiger partial charge in [0.25, 0.3) is 0 Å². The molecule has 0 aliphatic heterocycles. The monoisotopic (exact) mass is 220 g/mol. The summed E-state index contributed by atoms with van der Waals surface area (Å²) >= 11 is 0. The molecule has 0 bridgehead atoms. The number of esters is 1. The highest BCUT2D eigenvalue weighted by atomic mass is 16.5. The van der Waals surface area contributed by atoms with Gasteiger partial charge in [-0.2, -0.15) is 0 Å². The predicted molar refractivity (Wildman–Crippen MR) is 59.7 cm³/mol. The Hall–Kier alpha value is -0.610. The molecular weight excluding hydrogens is 196 g/mol. The van der Waals surface area contributed by atoms with Crippen LogP contribution in [0.4, 0.5) is 0 Å². The summed E-state index contributed by atoms with van der Waals surface area (Å²) in [4.78, 5) is 10.2. The second-order valence-corrected chi connectivity index (χ2v) is 3.44. The van der Waals surface area contributed by atoms with Crippen molar-refractivity contribution in [2.24, 2.45) is 5.92 Å². The summed E-state index contributed by atoms with van der Waals surface area (Å²) in [5, 5.41) is 8.07. The van der Waals surface area contributed by atoms with Crippen LogP contribution in [0.1, 0.15) is 34.1 Å². The van der Waals surface area contributed by atoms with E-state index in [0.717, 1.165) is 6.42 Å². The summed E-state index contributed by atoms with van der Waals surface area (Å²) in [5.41, 5.74) is 0. The Labute approximate surface area is 92.6 Å². The molecule has 4 heteroatoms. The van der Waals surface area contributed by atoms with Gasteiger partial charge in [-0.1, -0.05) is 13.8 Å². The number of ether oxygens (including phenoxy) is 2. The molecule has 0 heterocycles. The molecule has 0 aromatic rings. The molecule has 4 nitrogen and oxygen atoms in total. The second-order valence-electron chi connectivity index (χ2n) is 3.44. The molecule has 92 valence electrons. The molecule has 0 saturated carbocycles. The maximum atomic E-state index is 10.2. The van der Waals surface area contributed by atoms with Crippen molar-refractivity contribution in [2.75, 3.05) is 26.4 Å². The zero-order chi connectivity index (χ0) is 12.1. The molecular formula is C11H24O4. The number of hydrogen-bond acceptors (Lipinski definition) is 4. The van der Waals surface area contributed by atoms with Crippen LogP contribution in [0, 0.1) is 5.92 Å². The molecule has 0 amide bonds. The van der Waals surface area contributed by atoms with Gasteiger partial charge in [0.15, 0.2) is 0 Å². The molecule has 0 saturated heterocycles. The molecule has 0 unspecified atom stereocenters. The Morgan fingerprint density at radius 1 is 1.33 bits per heavy atom. The molecule has 0 aromatic carbocycles. The number of aliphatic hydroxyl groups is 1. The number of carbonyl (C=O) groups is 1. The van der Waals surface area contributed by atoms with Crippen LogP contribution in [-0.2, 0) is 14.3 Å². The van der Waals surface area contributed by atoms with Gasteiger partial charge in [-0.05, 0) is 19.3 Å². The van der Waals surface area contributed by atoms with Crippen LogP contribution in [0.5, 0.6) is 0 Å². The van der Waals surface area contributed by atoms with Crippen LogP contribution < -0.4 is 0 Å². The van der Waals surface area contributed by atoms with E-state index < -0.39 is 0 Å². The molecule has 0 atom stereocenters. The Morgan fingerprint density at radius 2 is 1.93 bits per heavy atom. The molecule has 0 aliphatic rings. The lowest BCUT2D eigenvalue weighted by Gasteiger charge is -2.02. The Bertz CT molecular complexity index is 131. The van der Waals surface area contributed by atoms with E-state index in [2.05, 4.69) is 13.8 Å². The maximum absolute atomic E-state index is 10.2. The van der Waals surface area contributed by atoms with Crippen molar-refractivity contribution in [3.63, 3.8) is 0 Å². The van der Waals surface area contributed by atoms with Crippen molar-refractivity contribution in [3.8, 4) is 0 Å². The van der Waals surface area contributed by atoms with Crippen molar-refractivity contribution in [1.29, 1.82) is 0 Å². The van der Waals surface area contributed by atoms with Gasteiger partial charge >= 0.3 is 5.97 Å². The van der Waals surface area contributed by atoms with E-state index in [0.29, 0.717) is 25.7 Å². The average molecular weight is 220 g/mol. The zero-order valence-corrected chi connectivity index (χ0v) is 10.3. The first-order valence-corrected chi connectivity index (χ1v) is 5.36. The predicted octanol–water partition coefficient (Wildman–Crippen LogP) is 1.61. The normalized spacial score (nSPS) is 9.47. The summed E-state index contributed by atoms with van der Waals surface area (Å²) in [5.74, 6) is 0.431. The molecule has 0 radical (unpaired) electrons. The summed E-state index contributed by atoms with van der Waals surface area (Å²) < 4.78 is 9.45. The van der Waals surface area contributed by atoms with Gasteiger partial charge in [-0.15, -0.1) is 0 Å². The average Bonchev–Trinajstić information content (AvgIpc) is 2.14. The molecule has 1 N–H and O–H groups in total. The van der Waals surface area contributed by atoms with E-state index in [1.165, 1.54) is 6.92 Å². The maximum Gasteiger partial charge on any atom is 0.302 e. The van der Waals surface area contributed by atoms with Crippen LogP contribution >= 0.6 is 0 Å². The molecule has 0 spiro atoms. The van der Waals surface area contributed by atoms with Gasteiger partial charge in [-0.25, -0.2) is 0 Å². The quantitative estimate of drug-likeness (QED) is 0.546. The van der Waals surface area contributed by atoms with Crippen LogP contribution in [0.25, 0.3) is 0 Å². The third kappa shape index (κ3) is 24.7. The van der Waals surface area contributed by atoms with E-state index in [1.54, 1.807) is 0 Å². The summed E-state index contributed by atoms with van der Waals surface area (Å²) in [7, 11) is 0. The second kappa shape index (κ2) is 13.4. The number of aliphatic hydroxyl groups excluding tert-OH is 1. The van der Waals surface area contributed by atoms with E-state index in [-0.39, 0.29) is 12.6 Å². The standard InChI is InChI=1S/C7H14O2.C4H10O2/c1-6(2)4-5-9-7(3)8;1-2-6-4-3-5/h6H,4-5H2,1-3H3;5H,2-4H2,1H3. The first kappa shape index (κ1) is 16.8. The van der Waals surface area contributed by atoms with E-state index in [1.807, 2.05) is 6.92 Å². The van der Waals surface area contributed by atoms with Crippen LogP contribution in [0.3, 0.4) is 0 Å². The topological polar surface area (TPSA) is 55.8 Å². The lowest BCUT2D eigenvalue weighted by Crippen LogP contribution is -2.02. The van der Waals surface area contributed by atoms with Gasteiger partial charge in [-0.3, -0.25) is 4.79 Å². The van der Waals surface area contributed by atoms with Crippen LogP contribution in [0.2, 0.25) is 0 Å². The third-order valence-electron chi connectivity index (χ3n) is 1.44.